The standard InChI is InChI=1S/C31H32O7/c1-5-28(32)36-21-7-6-20-35-25-14-10-23(11-15-25)30(34)38-27-18-16-26(17-19-27)37-29(33)22-8-12-24(13-9-22)31(2,3)4/h5,8-19H,1,6-7,20-21H2,2-4H3. The van der Waals surface area contributed by atoms with E-state index in [4.69, 9.17) is 18.9 Å². The van der Waals surface area contributed by atoms with Crippen molar-refractivity contribution in [2.75, 3.05) is 13.2 Å². The number of carbonyl (C=O) groups is 3. The van der Waals surface area contributed by atoms with Crippen molar-refractivity contribution in [3.05, 3.63) is 102 Å². The molecule has 0 aromatic heterocycles. The molecule has 0 amide bonds. The molecule has 0 saturated heterocycles. The Morgan fingerprint density at radius 1 is 0.684 bits per heavy atom. The van der Waals surface area contributed by atoms with Gasteiger partial charge in [-0.3, -0.25) is 0 Å². The normalized spacial score (nSPS) is 10.8. The van der Waals surface area contributed by atoms with Gasteiger partial charge in [0, 0.05) is 6.08 Å². The minimum Gasteiger partial charge on any atom is -0.494 e. The molecule has 3 aromatic rings. The van der Waals surface area contributed by atoms with Gasteiger partial charge < -0.3 is 18.9 Å². The summed E-state index contributed by atoms with van der Waals surface area (Å²) in [6.07, 6.45) is 2.51. The number of carbonyl (C=O) groups excluding carboxylic acids is 3. The van der Waals surface area contributed by atoms with Crippen LogP contribution in [0.1, 0.15) is 59.9 Å². The molecular weight excluding hydrogens is 484 g/mol. The van der Waals surface area contributed by atoms with Crippen molar-refractivity contribution in [2.45, 2.75) is 39.0 Å². The quantitative estimate of drug-likeness (QED) is 0.128. The molecule has 0 saturated carbocycles. The van der Waals surface area contributed by atoms with Crippen LogP contribution < -0.4 is 14.2 Å². The Morgan fingerprint density at radius 2 is 1.13 bits per heavy atom. The van der Waals surface area contributed by atoms with Gasteiger partial charge in [-0.05, 0) is 84.5 Å². The van der Waals surface area contributed by atoms with Gasteiger partial charge in [0.25, 0.3) is 0 Å². The maximum absolute atomic E-state index is 12.5. The van der Waals surface area contributed by atoms with E-state index in [1.54, 1.807) is 60.7 Å². The Kier molecular flexibility index (Phi) is 9.82. The van der Waals surface area contributed by atoms with Gasteiger partial charge in [-0.15, -0.1) is 0 Å². The van der Waals surface area contributed by atoms with Crippen molar-refractivity contribution in [2.24, 2.45) is 0 Å². The van der Waals surface area contributed by atoms with Crippen LogP contribution in [0.2, 0.25) is 0 Å². The Bertz CT molecular complexity index is 1240. The lowest BCUT2D eigenvalue weighted by molar-refractivity contribution is -0.137. The molecule has 0 radical (unpaired) electrons. The summed E-state index contributed by atoms with van der Waals surface area (Å²) in [6, 6.07) is 20.2. The molecule has 3 aromatic carbocycles. The molecule has 198 valence electrons. The van der Waals surface area contributed by atoms with Crippen LogP contribution in [0.3, 0.4) is 0 Å². The summed E-state index contributed by atoms with van der Waals surface area (Å²) in [7, 11) is 0. The van der Waals surface area contributed by atoms with Gasteiger partial charge in [-0.25, -0.2) is 14.4 Å². The Labute approximate surface area is 223 Å². The molecule has 7 heteroatoms. The highest BCUT2D eigenvalue weighted by Crippen LogP contribution is 2.24. The summed E-state index contributed by atoms with van der Waals surface area (Å²) in [5.41, 5.74) is 1.94. The highest BCUT2D eigenvalue weighted by atomic mass is 16.5. The van der Waals surface area contributed by atoms with E-state index < -0.39 is 17.9 Å². The topological polar surface area (TPSA) is 88.1 Å². The first kappa shape index (κ1) is 28.2. The molecule has 0 aliphatic heterocycles. The second kappa shape index (κ2) is 13.2. The van der Waals surface area contributed by atoms with Crippen LogP contribution in [0.4, 0.5) is 0 Å². The monoisotopic (exact) mass is 516 g/mol. The minimum absolute atomic E-state index is 0.00289. The molecule has 0 fully saturated rings. The predicted octanol–water partition coefficient (Wildman–Crippen LogP) is 6.31. The van der Waals surface area contributed by atoms with Gasteiger partial charge in [0.2, 0.25) is 0 Å². The van der Waals surface area contributed by atoms with Crippen LogP contribution in [-0.4, -0.2) is 31.1 Å². The lowest BCUT2D eigenvalue weighted by atomic mass is 9.87. The van der Waals surface area contributed by atoms with E-state index in [0.29, 0.717) is 54.4 Å². The smallest absolute Gasteiger partial charge is 0.343 e. The highest BCUT2D eigenvalue weighted by molar-refractivity contribution is 5.92. The number of unbranched alkanes of at least 4 members (excludes halogenated alkanes) is 1. The van der Waals surface area contributed by atoms with Crippen LogP contribution in [0.25, 0.3) is 0 Å². The van der Waals surface area contributed by atoms with E-state index in [2.05, 4.69) is 27.4 Å². The van der Waals surface area contributed by atoms with Crippen molar-refractivity contribution < 1.29 is 33.3 Å². The van der Waals surface area contributed by atoms with Crippen molar-refractivity contribution in [1.82, 2.24) is 0 Å². The summed E-state index contributed by atoms with van der Waals surface area (Å²) in [4.78, 5) is 35.9. The van der Waals surface area contributed by atoms with Crippen LogP contribution >= 0.6 is 0 Å². The third-order valence-electron chi connectivity index (χ3n) is 5.54. The van der Waals surface area contributed by atoms with Gasteiger partial charge in [-0.2, -0.15) is 0 Å². The first-order valence-corrected chi connectivity index (χ1v) is 12.3. The molecule has 3 rings (SSSR count). The van der Waals surface area contributed by atoms with Crippen molar-refractivity contribution in [1.29, 1.82) is 0 Å². The first-order valence-electron chi connectivity index (χ1n) is 12.3. The minimum atomic E-state index is -0.524. The summed E-state index contributed by atoms with van der Waals surface area (Å²) in [6.45, 7) is 10.4. The fourth-order valence-corrected chi connectivity index (χ4v) is 3.33. The molecule has 0 atom stereocenters. The van der Waals surface area contributed by atoms with Gasteiger partial charge in [0.1, 0.15) is 17.2 Å². The summed E-state index contributed by atoms with van der Waals surface area (Å²) in [5, 5.41) is 0. The summed E-state index contributed by atoms with van der Waals surface area (Å²) < 4.78 is 21.4. The second-order valence-corrected chi connectivity index (χ2v) is 9.53. The van der Waals surface area contributed by atoms with Crippen LogP contribution in [0.5, 0.6) is 17.2 Å². The zero-order chi connectivity index (χ0) is 27.5. The van der Waals surface area contributed by atoms with Gasteiger partial charge in [-0.1, -0.05) is 39.5 Å². The maximum Gasteiger partial charge on any atom is 0.343 e. The number of ether oxygens (including phenoxy) is 4. The average molecular weight is 517 g/mol. The van der Waals surface area contributed by atoms with Crippen molar-refractivity contribution in [3.8, 4) is 17.2 Å². The molecular formula is C31H32O7. The molecule has 0 N–H and O–H groups in total. The first-order chi connectivity index (χ1) is 18.2. The summed E-state index contributed by atoms with van der Waals surface area (Å²) in [5.74, 6) is -0.149. The molecule has 0 aliphatic carbocycles. The van der Waals surface area contributed by atoms with E-state index in [0.717, 1.165) is 11.6 Å². The van der Waals surface area contributed by atoms with Gasteiger partial charge in [0.05, 0.1) is 24.3 Å². The van der Waals surface area contributed by atoms with Gasteiger partial charge >= 0.3 is 17.9 Å². The molecule has 0 bridgehead atoms. The third-order valence-corrected chi connectivity index (χ3v) is 5.54. The van der Waals surface area contributed by atoms with E-state index in [9.17, 15) is 14.4 Å². The van der Waals surface area contributed by atoms with Gasteiger partial charge in [0.15, 0.2) is 0 Å². The molecule has 0 spiro atoms. The fourth-order valence-electron chi connectivity index (χ4n) is 3.33. The van der Waals surface area contributed by atoms with Crippen LogP contribution in [0, 0.1) is 0 Å². The number of hydrogen-bond acceptors (Lipinski definition) is 7. The van der Waals surface area contributed by atoms with E-state index in [1.165, 1.54) is 0 Å². The van der Waals surface area contributed by atoms with E-state index in [1.807, 2.05) is 12.1 Å². The maximum atomic E-state index is 12.5. The Morgan fingerprint density at radius 3 is 1.61 bits per heavy atom. The number of rotatable bonds is 11. The number of benzene rings is 3. The second-order valence-electron chi connectivity index (χ2n) is 9.53. The van der Waals surface area contributed by atoms with E-state index in [-0.39, 0.29) is 5.41 Å². The largest absolute Gasteiger partial charge is 0.494 e. The molecule has 7 nitrogen and oxygen atoms in total. The molecule has 0 unspecified atom stereocenters. The van der Waals surface area contributed by atoms with E-state index >= 15 is 0 Å². The lowest BCUT2D eigenvalue weighted by Gasteiger charge is -2.18. The van der Waals surface area contributed by atoms with Crippen LogP contribution in [-0.2, 0) is 14.9 Å². The Hall–Kier alpha value is -4.39. The predicted molar refractivity (Wildman–Crippen MR) is 144 cm³/mol. The average Bonchev–Trinajstić information content (AvgIpc) is 2.91. The van der Waals surface area contributed by atoms with Crippen molar-refractivity contribution in [3.63, 3.8) is 0 Å². The van der Waals surface area contributed by atoms with Crippen molar-refractivity contribution >= 4 is 17.9 Å². The van der Waals surface area contributed by atoms with Crippen LogP contribution in [0.15, 0.2) is 85.5 Å². The summed E-state index contributed by atoms with van der Waals surface area (Å²) >= 11 is 0. The lowest BCUT2D eigenvalue weighted by Crippen LogP contribution is -2.13. The highest BCUT2D eigenvalue weighted by Gasteiger charge is 2.15. The number of esters is 3. The zero-order valence-corrected chi connectivity index (χ0v) is 21.9. The molecule has 0 heterocycles. The Balaban J connectivity index is 1.45. The number of hydrogen-bond donors (Lipinski definition) is 0. The third kappa shape index (κ3) is 8.62. The SMILES string of the molecule is C=CC(=O)OCCCCOc1ccc(C(=O)Oc2ccc(OC(=O)c3ccc(C(C)(C)C)cc3)cc2)cc1. The fraction of sp³-hybridized carbons (Fsp3) is 0.258. The molecule has 0 aliphatic rings. The molecule has 38 heavy (non-hydrogen) atoms. The zero-order valence-electron chi connectivity index (χ0n) is 21.9.